The highest BCUT2D eigenvalue weighted by Crippen LogP contribution is 2.18. The van der Waals surface area contributed by atoms with Crippen LogP contribution in [0, 0.1) is 0 Å². The first-order valence-corrected chi connectivity index (χ1v) is 10.3. The van der Waals surface area contributed by atoms with Crippen molar-refractivity contribution in [2.24, 2.45) is 0 Å². The van der Waals surface area contributed by atoms with Gasteiger partial charge in [0.05, 0.1) is 5.57 Å². The van der Waals surface area contributed by atoms with E-state index in [0.29, 0.717) is 6.42 Å². The molecule has 0 heterocycles. The largest absolute Gasteiger partial charge is 0.294 e. The summed E-state index contributed by atoms with van der Waals surface area (Å²) in [5, 5.41) is -1.65. The van der Waals surface area contributed by atoms with Gasteiger partial charge in [0.1, 0.15) is 0 Å². The maximum Gasteiger partial charge on any atom is 0.279 e. The molecule has 1 aliphatic carbocycles. The Balaban J connectivity index is 2.27. The van der Waals surface area contributed by atoms with Crippen molar-refractivity contribution in [3.8, 4) is 0 Å². The van der Waals surface area contributed by atoms with Crippen molar-refractivity contribution in [2.75, 3.05) is 0 Å². The van der Waals surface area contributed by atoms with Crippen molar-refractivity contribution in [3.63, 3.8) is 0 Å². The fraction of sp³-hybridized carbons (Fsp3) is 0.667. The summed E-state index contributed by atoms with van der Waals surface area (Å²) >= 11 is 0. The van der Waals surface area contributed by atoms with E-state index in [1.54, 1.807) is 0 Å². The molecule has 136 valence electrons. The van der Waals surface area contributed by atoms with Crippen LogP contribution in [0.1, 0.15) is 71.1 Å². The molecule has 0 fully saturated rings. The lowest BCUT2D eigenvalue weighted by atomic mass is 9.95. The first-order valence-electron chi connectivity index (χ1n) is 8.80. The molecule has 1 aliphatic rings. The molecule has 0 aromatic heterocycles. The molecule has 0 saturated carbocycles. The summed E-state index contributed by atoms with van der Waals surface area (Å²) in [4.78, 5) is 24.1. The molecule has 0 spiro atoms. The van der Waals surface area contributed by atoms with Crippen LogP contribution in [-0.2, 0) is 19.7 Å². The van der Waals surface area contributed by atoms with E-state index in [4.69, 9.17) is 4.55 Å². The van der Waals surface area contributed by atoms with E-state index >= 15 is 0 Å². The molecule has 0 radical (unpaired) electrons. The second-order valence-electron chi connectivity index (χ2n) is 6.27. The van der Waals surface area contributed by atoms with Gasteiger partial charge in [0, 0.05) is 6.42 Å². The predicted molar refractivity (Wildman–Crippen MR) is 94.4 cm³/mol. The van der Waals surface area contributed by atoms with Crippen LogP contribution in [0.3, 0.4) is 0 Å². The van der Waals surface area contributed by atoms with E-state index < -0.39 is 21.2 Å². The molecule has 5 nitrogen and oxygen atoms in total. The number of hydrogen-bond donors (Lipinski definition) is 1. The molecule has 1 N–H and O–H groups in total. The maximum atomic E-state index is 12.1. The first-order chi connectivity index (χ1) is 11.4. The zero-order chi connectivity index (χ0) is 18.0. The van der Waals surface area contributed by atoms with E-state index in [1.165, 1.54) is 44.3 Å². The molecular formula is C18H28O5S. The van der Waals surface area contributed by atoms with Crippen LogP contribution in [0.2, 0.25) is 0 Å². The van der Waals surface area contributed by atoms with E-state index in [9.17, 15) is 18.0 Å². The van der Waals surface area contributed by atoms with Crippen LogP contribution >= 0.6 is 0 Å². The van der Waals surface area contributed by atoms with Crippen molar-refractivity contribution in [1.82, 2.24) is 0 Å². The third-order valence-electron chi connectivity index (χ3n) is 4.20. The number of rotatable bonds is 12. The second-order valence-corrected chi connectivity index (χ2v) is 7.80. The lowest BCUT2D eigenvalue weighted by Crippen LogP contribution is -2.33. The molecule has 0 bridgehead atoms. The number of carbonyl (C=O) groups excluding carboxylic acids is 2. The lowest BCUT2D eigenvalue weighted by Gasteiger charge is -2.14. The molecule has 1 rings (SSSR count). The molecule has 0 amide bonds. The quantitative estimate of drug-likeness (QED) is 0.326. The van der Waals surface area contributed by atoms with E-state index in [-0.39, 0.29) is 17.8 Å². The van der Waals surface area contributed by atoms with Gasteiger partial charge < -0.3 is 0 Å². The Kier molecular flexibility index (Phi) is 9.14. The highest BCUT2D eigenvalue weighted by molar-refractivity contribution is 7.87. The zero-order valence-corrected chi connectivity index (χ0v) is 15.2. The highest BCUT2D eigenvalue weighted by Gasteiger charge is 2.34. The average Bonchev–Trinajstić information content (AvgIpc) is 2.52. The Morgan fingerprint density at radius 1 is 1.04 bits per heavy atom. The Morgan fingerprint density at radius 2 is 1.58 bits per heavy atom. The summed E-state index contributed by atoms with van der Waals surface area (Å²) in [6, 6.07) is 0. The van der Waals surface area contributed by atoms with Gasteiger partial charge in [-0.2, -0.15) is 8.42 Å². The summed E-state index contributed by atoms with van der Waals surface area (Å²) in [6.45, 7) is 2.19. The van der Waals surface area contributed by atoms with Crippen LogP contribution in [0.25, 0.3) is 0 Å². The number of carbonyl (C=O) groups is 2. The third-order valence-corrected chi connectivity index (χ3v) is 5.21. The summed E-state index contributed by atoms with van der Waals surface area (Å²) in [6.07, 6.45) is 14.1. The zero-order valence-electron chi connectivity index (χ0n) is 14.4. The number of Topliss-reactive ketones (excluding diaryl/α,β-unsaturated/α-hetero) is 2. The molecule has 0 aliphatic heterocycles. The Morgan fingerprint density at radius 3 is 2.12 bits per heavy atom. The van der Waals surface area contributed by atoms with Crippen LogP contribution in [-0.4, -0.2) is 29.8 Å². The van der Waals surface area contributed by atoms with Gasteiger partial charge in [0.15, 0.2) is 16.8 Å². The Hall–Kier alpha value is -1.27. The standard InChI is InChI=1S/C18H28O5S/c1-2-3-4-5-6-7-8-9-10-13-16(19)15-12-11-14-17(18(15)20)24(21,22)23/h11-12,14,17H,2-10,13H2,1H3,(H,21,22,23). The van der Waals surface area contributed by atoms with Gasteiger partial charge in [-0.25, -0.2) is 0 Å². The second kappa shape index (κ2) is 10.6. The Bertz CT molecular complexity index is 587. The molecule has 1 atom stereocenters. The van der Waals surface area contributed by atoms with Gasteiger partial charge in [-0.3, -0.25) is 14.1 Å². The number of hydrogen-bond acceptors (Lipinski definition) is 4. The van der Waals surface area contributed by atoms with Crippen LogP contribution < -0.4 is 0 Å². The van der Waals surface area contributed by atoms with Crippen LogP contribution in [0.5, 0.6) is 0 Å². The van der Waals surface area contributed by atoms with Crippen molar-refractivity contribution in [2.45, 2.75) is 76.4 Å². The maximum absolute atomic E-state index is 12.1. The van der Waals surface area contributed by atoms with Gasteiger partial charge in [0.25, 0.3) is 10.1 Å². The topological polar surface area (TPSA) is 88.5 Å². The van der Waals surface area contributed by atoms with E-state index in [0.717, 1.165) is 25.3 Å². The predicted octanol–water partition coefficient (Wildman–Crippen LogP) is 3.80. The minimum atomic E-state index is -4.51. The smallest absolute Gasteiger partial charge is 0.279 e. The highest BCUT2D eigenvalue weighted by atomic mass is 32.2. The molecule has 24 heavy (non-hydrogen) atoms. The molecule has 6 heteroatoms. The van der Waals surface area contributed by atoms with Crippen molar-refractivity contribution in [1.29, 1.82) is 0 Å². The van der Waals surface area contributed by atoms with E-state index in [1.807, 2.05) is 0 Å². The van der Waals surface area contributed by atoms with Crippen LogP contribution in [0.4, 0.5) is 0 Å². The summed E-state index contributed by atoms with van der Waals surface area (Å²) in [5.74, 6) is -1.18. The first kappa shape index (κ1) is 20.8. The molecule has 0 aromatic rings. The third kappa shape index (κ3) is 7.09. The van der Waals surface area contributed by atoms with Gasteiger partial charge in [-0.05, 0) is 12.5 Å². The van der Waals surface area contributed by atoms with Gasteiger partial charge >= 0.3 is 0 Å². The average molecular weight is 356 g/mol. The normalized spacial score (nSPS) is 17.8. The van der Waals surface area contributed by atoms with Crippen molar-refractivity contribution < 1.29 is 22.6 Å². The van der Waals surface area contributed by atoms with Crippen molar-refractivity contribution in [3.05, 3.63) is 23.8 Å². The van der Waals surface area contributed by atoms with Crippen molar-refractivity contribution >= 4 is 21.7 Å². The number of unbranched alkanes of at least 4 members (excludes halogenated alkanes) is 8. The van der Waals surface area contributed by atoms with Gasteiger partial charge in [-0.1, -0.05) is 70.4 Å². The summed E-state index contributed by atoms with van der Waals surface area (Å²) < 4.78 is 31.3. The summed E-state index contributed by atoms with van der Waals surface area (Å²) in [7, 11) is -4.51. The SMILES string of the molecule is CCCCCCCCCCCC(=O)C1=CC=CC(S(=O)(=O)O)C1=O. The monoisotopic (exact) mass is 356 g/mol. The fourth-order valence-electron chi connectivity index (χ4n) is 2.77. The number of ketones is 2. The van der Waals surface area contributed by atoms with Crippen LogP contribution in [0.15, 0.2) is 23.8 Å². The molecular weight excluding hydrogens is 328 g/mol. The van der Waals surface area contributed by atoms with Gasteiger partial charge in [0.2, 0.25) is 0 Å². The molecule has 0 saturated heterocycles. The minimum Gasteiger partial charge on any atom is -0.294 e. The minimum absolute atomic E-state index is 0.125. The molecule has 0 aromatic carbocycles. The fourth-order valence-corrected chi connectivity index (χ4v) is 3.46. The molecule has 1 unspecified atom stereocenters. The lowest BCUT2D eigenvalue weighted by molar-refractivity contribution is -0.121. The van der Waals surface area contributed by atoms with E-state index in [2.05, 4.69) is 6.92 Å². The Labute approximate surface area is 145 Å². The summed E-state index contributed by atoms with van der Waals surface area (Å²) in [5.41, 5.74) is -0.125. The van der Waals surface area contributed by atoms with Gasteiger partial charge in [-0.15, -0.1) is 0 Å². The number of allylic oxidation sites excluding steroid dienone is 3.